The molecule has 0 amide bonds. The van der Waals surface area contributed by atoms with Gasteiger partial charge in [0, 0.05) is 22.0 Å². The van der Waals surface area contributed by atoms with Gasteiger partial charge in [-0.2, -0.15) is 11.8 Å². The van der Waals surface area contributed by atoms with Crippen LogP contribution in [0.1, 0.15) is 24.5 Å². The molecule has 0 aliphatic rings. The van der Waals surface area contributed by atoms with Crippen LogP contribution in [0.4, 0.5) is 0 Å². The minimum Gasteiger partial charge on any atom is -0.496 e. The Morgan fingerprint density at radius 1 is 0.905 bits per heavy atom. The summed E-state index contributed by atoms with van der Waals surface area (Å²) in [5, 5.41) is 0. The summed E-state index contributed by atoms with van der Waals surface area (Å²) >= 11 is 3.91. The van der Waals surface area contributed by atoms with Gasteiger partial charge in [0.2, 0.25) is 0 Å². The molecule has 0 aliphatic heterocycles. The molecule has 0 unspecified atom stereocenters. The molecule has 0 spiro atoms. The van der Waals surface area contributed by atoms with Crippen LogP contribution in [0.5, 0.6) is 5.75 Å². The Labute approximate surface area is 136 Å². The van der Waals surface area contributed by atoms with E-state index >= 15 is 0 Å². The summed E-state index contributed by atoms with van der Waals surface area (Å²) in [6.07, 6.45) is 1.24. The number of benzene rings is 2. The van der Waals surface area contributed by atoms with Gasteiger partial charge in [-0.05, 0) is 29.9 Å². The van der Waals surface area contributed by atoms with E-state index in [0.717, 1.165) is 17.3 Å². The molecule has 0 radical (unpaired) electrons. The van der Waals surface area contributed by atoms with Gasteiger partial charge in [-0.1, -0.05) is 43.3 Å². The van der Waals surface area contributed by atoms with Gasteiger partial charge in [0.05, 0.1) is 7.11 Å². The van der Waals surface area contributed by atoms with E-state index in [1.165, 1.54) is 28.2 Å². The van der Waals surface area contributed by atoms with Crippen LogP contribution >= 0.6 is 23.5 Å². The van der Waals surface area contributed by atoms with Gasteiger partial charge in [0.25, 0.3) is 0 Å². The number of ether oxygens (including phenoxy) is 1. The average molecular weight is 319 g/mol. The molecule has 0 atom stereocenters. The number of hydrogen-bond donors (Lipinski definition) is 0. The molecular weight excluding hydrogens is 296 g/mol. The predicted molar refractivity (Wildman–Crippen MR) is 95.5 cm³/mol. The second kappa shape index (κ2) is 9.06. The Morgan fingerprint density at radius 2 is 1.62 bits per heavy atom. The standard InChI is InChI=1S/C18H22OS2/c1-3-12-20-13-16-9-5-7-11-18(16)21-14-15-8-4-6-10-17(15)19-2/h4-11H,3,12-14H2,1-2H3. The summed E-state index contributed by atoms with van der Waals surface area (Å²) < 4.78 is 5.43. The van der Waals surface area contributed by atoms with E-state index in [4.69, 9.17) is 4.74 Å². The Kier molecular flexibility index (Phi) is 7.04. The van der Waals surface area contributed by atoms with Crippen LogP contribution in [0.15, 0.2) is 53.4 Å². The first-order valence-corrected chi connectivity index (χ1v) is 9.39. The Bertz CT molecular complexity index is 554. The van der Waals surface area contributed by atoms with Crippen LogP contribution < -0.4 is 4.74 Å². The molecule has 112 valence electrons. The zero-order chi connectivity index (χ0) is 14.9. The number of methoxy groups -OCH3 is 1. The summed E-state index contributed by atoms with van der Waals surface area (Å²) in [4.78, 5) is 1.38. The van der Waals surface area contributed by atoms with Gasteiger partial charge in [0.15, 0.2) is 0 Å². The maximum absolute atomic E-state index is 5.43. The summed E-state index contributed by atoms with van der Waals surface area (Å²) in [7, 11) is 1.73. The van der Waals surface area contributed by atoms with E-state index in [1.807, 2.05) is 35.7 Å². The van der Waals surface area contributed by atoms with E-state index in [0.29, 0.717) is 0 Å². The van der Waals surface area contributed by atoms with Crippen LogP contribution in [0, 0.1) is 0 Å². The quantitative estimate of drug-likeness (QED) is 0.461. The monoisotopic (exact) mass is 318 g/mol. The second-order valence-electron chi connectivity index (χ2n) is 4.76. The first-order chi connectivity index (χ1) is 10.3. The summed E-state index contributed by atoms with van der Waals surface area (Å²) in [5.41, 5.74) is 2.69. The molecule has 3 heteroatoms. The highest BCUT2D eigenvalue weighted by atomic mass is 32.2. The van der Waals surface area contributed by atoms with Crippen molar-refractivity contribution in [2.24, 2.45) is 0 Å². The largest absolute Gasteiger partial charge is 0.496 e. The van der Waals surface area contributed by atoms with Crippen molar-refractivity contribution < 1.29 is 4.74 Å². The van der Waals surface area contributed by atoms with E-state index in [9.17, 15) is 0 Å². The lowest BCUT2D eigenvalue weighted by atomic mass is 10.2. The predicted octanol–water partition coefficient (Wildman–Crippen LogP) is 5.63. The normalized spacial score (nSPS) is 10.6. The van der Waals surface area contributed by atoms with Crippen molar-refractivity contribution in [2.45, 2.75) is 29.7 Å². The molecule has 0 aliphatic carbocycles. The van der Waals surface area contributed by atoms with Gasteiger partial charge >= 0.3 is 0 Å². The second-order valence-corrected chi connectivity index (χ2v) is 6.88. The SMILES string of the molecule is CCCSCc1ccccc1SCc1ccccc1OC. The topological polar surface area (TPSA) is 9.23 Å². The highest BCUT2D eigenvalue weighted by Gasteiger charge is 2.06. The van der Waals surface area contributed by atoms with Crippen molar-refractivity contribution in [2.75, 3.05) is 12.9 Å². The minimum absolute atomic E-state index is 0.944. The van der Waals surface area contributed by atoms with Crippen LogP contribution in [0.2, 0.25) is 0 Å². The van der Waals surface area contributed by atoms with Crippen molar-refractivity contribution in [3.8, 4) is 5.75 Å². The maximum Gasteiger partial charge on any atom is 0.122 e. The molecule has 0 heterocycles. The van der Waals surface area contributed by atoms with Gasteiger partial charge in [-0.15, -0.1) is 11.8 Å². The lowest BCUT2D eigenvalue weighted by Crippen LogP contribution is -1.91. The number of para-hydroxylation sites is 1. The Morgan fingerprint density at radius 3 is 2.38 bits per heavy atom. The molecule has 0 bridgehead atoms. The Hall–Kier alpha value is -1.06. The smallest absolute Gasteiger partial charge is 0.122 e. The first kappa shape index (κ1) is 16.3. The molecule has 1 nitrogen and oxygen atoms in total. The van der Waals surface area contributed by atoms with Crippen LogP contribution in [0.25, 0.3) is 0 Å². The zero-order valence-corrected chi connectivity index (χ0v) is 14.3. The lowest BCUT2D eigenvalue weighted by Gasteiger charge is -2.11. The van der Waals surface area contributed by atoms with E-state index in [-0.39, 0.29) is 0 Å². The van der Waals surface area contributed by atoms with Crippen molar-refractivity contribution in [1.29, 1.82) is 0 Å². The van der Waals surface area contributed by atoms with Crippen LogP contribution in [-0.2, 0) is 11.5 Å². The number of thioether (sulfide) groups is 2. The fourth-order valence-electron chi connectivity index (χ4n) is 2.07. The Balaban J connectivity index is 2.02. The summed E-state index contributed by atoms with van der Waals surface area (Å²) in [6, 6.07) is 17.0. The molecule has 21 heavy (non-hydrogen) atoms. The summed E-state index contributed by atoms with van der Waals surface area (Å²) in [6.45, 7) is 2.23. The molecule has 2 aromatic carbocycles. The fourth-order valence-corrected chi connectivity index (χ4v) is 4.11. The van der Waals surface area contributed by atoms with E-state index < -0.39 is 0 Å². The van der Waals surface area contributed by atoms with Crippen LogP contribution in [-0.4, -0.2) is 12.9 Å². The molecular formula is C18H22OS2. The third kappa shape index (κ3) is 5.01. The molecule has 0 saturated heterocycles. The lowest BCUT2D eigenvalue weighted by molar-refractivity contribution is 0.411. The summed E-state index contributed by atoms with van der Waals surface area (Å²) in [5.74, 6) is 4.25. The first-order valence-electron chi connectivity index (χ1n) is 7.25. The van der Waals surface area contributed by atoms with Gasteiger partial charge in [-0.25, -0.2) is 0 Å². The third-order valence-corrected chi connectivity index (χ3v) is 5.53. The zero-order valence-electron chi connectivity index (χ0n) is 12.7. The van der Waals surface area contributed by atoms with Crippen molar-refractivity contribution in [3.63, 3.8) is 0 Å². The van der Waals surface area contributed by atoms with Gasteiger partial charge in [-0.3, -0.25) is 0 Å². The van der Waals surface area contributed by atoms with Crippen molar-refractivity contribution in [3.05, 3.63) is 59.7 Å². The molecule has 0 saturated carbocycles. The van der Waals surface area contributed by atoms with Crippen molar-refractivity contribution in [1.82, 2.24) is 0 Å². The third-order valence-electron chi connectivity index (χ3n) is 3.15. The maximum atomic E-state index is 5.43. The highest BCUT2D eigenvalue weighted by Crippen LogP contribution is 2.31. The number of hydrogen-bond acceptors (Lipinski definition) is 3. The van der Waals surface area contributed by atoms with E-state index in [1.54, 1.807) is 7.11 Å². The van der Waals surface area contributed by atoms with E-state index in [2.05, 4.69) is 43.3 Å². The molecule has 0 aromatic heterocycles. The molecule has 0 fully saturated rings. The molecule has 2 rings (SSSR count). The van der Waals surface area contributed by atoms with Crippen LogP contribution in [0.3, 0.4) is 0 Å². The fraction of sp³-hybridized carbons (Fsp3) is 0.333. The molecule has 2 aromatic rings. The average Bonchev–Trinajstić information content (AvgIpc) is 2.54. The van der Waals surface area contributed by atoms with Gasteiger partial charge < -0.3 is 4.74 Å². The highest BCUT2D eigenvalue weighted by molar-refractivity contribution is 7.99. The van der Waals surface area contributed by atoms with Crippen molar-refractivity contribution >= 4 is 23.5 Å². The number of rotatable bonds is 8. The minimum atomic E-state index is 0.944. The molecule has 0 N–H and O–H groups in total. The van der Waals surface area contributed by atoms with Gasteiger partial charge in [0.1, 0.15) is 5.75 Å².